The third-order valence-corrected chi connectivity index (χ3v) is 12.3. The number of carbonyl (C=O) groups excluding carboxylic acids is 1. The van der Waals surface area contributed by atoms with Crippen molar-refractivity contribution in [3.05, 3.63) is 60.8 Å². The van der Waals surface area contributed by atoms with E-state index in [1.165, 1.54) is 128 Å². The van der Waals surface area contributed by atoms with Gasteiger partial charge in [-0.3, -0.25) is 18.6 Å². The topological polar surface area (TPSA) is 155 Å². The zero-order chi connectivity index (χ0) is 47.6. The van der Waals surface area contributed by atoms with Crippen molar-refractivity contribution < 1.29 is 42.7 Å². The fourth-order valence-corrected chi connectivity index (χ4v) is 8.06. The van der Waals surface area contributed by atoms with Crippen molar-refractivity contribution in [2.24, 2.45) is 5.73 Å². The molecule has 3 atom stereocenters. The van der Waals surface area contributed by atoms with Gasteiger partial charge in [-0.15, -0.1) is 0 Å². The largest absolute Gasteiger partial charge is 0.480 e. The van der Waals surface area contributed by atoms with Gasteiger partial charge < -0.3 is 25.2 Å². The highest BCUT2D eigenvalue weighted by Crippen LogP contribution is 2.43. The van der Waals surface area contributed by atoms with Crippen LogP contribution in [0.2, 0.25) is 0 Å². The molecule has 0 amide bonds. The molecule has 0 bridgehead atoms. The molecule has 0 spiro atoms. The van der Waals surface area contributed by atoms with E-state index in [1.54, 1.807) is 0 Å². The second kappa shape index (κ2) is 49.6. The Kier molecular flexibility index (Phi) is 47.8. The minimum atomic E-state index is -4.63. The molecule has 11 heteroatoms. The van der Waals surface area contributed by atoms with Crippen molar-refractivity contribution in [1.29, 1.82) is 0 Å². The van der Waals surface area contributed by atoms with E-state index in [4.69, 9.17) is 29.4 Å². The zero-order valence-corrected chi connectivity index (χ0v) is 42.5. The number of ether oxygens (including phenoxy) is 2. The second-order valence-electron chi connectivity index (χ2n) is 17.6. The highest BCUT2D eigenvalue weighted by molar-refractivity contribution is 7.47. The number of aliphatic carboxylic acids is 1. The number of carbonyl (C=O) groups is 2. The summed E-state index contributed by atoms with van der Waals surface area (Å²) >= 11 is 0. The van der Waals surface area contributed by atoms with E-state index >= 15 is 0 Å². The van der Waals surface area contributed by atoms with Crippen LogP contribution in [0.15, 0.2) is 60.8 Å². The Morgan fingerprint density at radius 1 is 0.508 bits per heavy atom. The summed E-state index contributed by atoms with van der Waals surface area (Å²) in [5, 5.41) is 8.93. The molecule has 0 aromatic rings. The summed E-state index contributed by atoms with van der Waals surface area (Å²) in [6.45, 7) is 3.74. The quantitative estimate of drug-likeness (QED) is 0.0232. The molecule has 0 rings (SSSR count). The first-order valence-electron chi connectivity index (χ1n) is 26.3. The van der Waals surface area contributed by atoms with E-state index in [0.717, 1.165) is 77.0 Å². The maximum atomic E-state index is 12.7. The van der Waals surface area contributed by atoms with Crippen LogP contribution in [0.25, 0.3) is 0 Å². The van der Waals surface area contributed by atoms with E-state index < -0.39 is 45.1 Å². The molecule has 0 radical (unpaired) electrons. The number of allylic oxidation sites excluding steroid dienone is 10. The smallest absolute Gasteiger partial charge is 0.472 e. The SMILES string of the molecule is CC/C=C\C/C=C\C/C=C\C/C=C\C/C=C\CCCCCCOCC(COP(=O)(O)OCC(N)C(=O)O)OC(=O)CCCCCCCCCCCCCCCCCCCCCCCCC. The fraction of sp³-hybridized carbons (Fsp3) is 0.778. The summed E-state index contributed by atoms with van der Waals surface area (Å²) < 4.78 is 33.5. The van der Waals surface area contributed by atoms with Crippen LogP contribution in [0.3, 0.4) is 0 Å². The molecular weight excluding hydrogens is 838 g/mol. The van der Waals surface area contributed by atoms with Crippen LogP contribution in [0.4, 0.5) is 0 Å². The van der Waals surface area contributed by atoms with Crippen LogP contribution in [0, 0.1) is 0 Å². The van der Waals surface area contributed by atoms with Crippen LogP contribution in [0.5, 0.6) is 0 Å². The summed E-state index contributed by atoms with van der Waals surface area (Å²) in [5.41, 5.74) is 5.38. The van der Waals surface area contributed by atoms with Crippen molar-refractivity contribution in [1.82, 2.24) is 0 Å². The van der Waals surface area contributed by atoms with Gasteiger partial charge in [0.15, 0.2) is 0 Å². The number of phosphoric acid groups is 1. The molecule has 0 fully saturated rings. The molecule has 65 heavy (non-hydrogen) atoms. The lowest BCUT2D eigenvalue weighted by Gasteiger charge is -2.20. The van der Waals surface area contributed by atoms with E-state index in [0.29, 0.717) is 13.0 Å². The van der Waals surface area contributed by atoms with Crippen molar-refractivity contribution >= 4 is 19.8 Å². The van der Waals surface area contributed by atoms with E-state index in [9.17, 15) is 19.0 Å². The monoisotopic (exact) mass is 936 g/mol. The van der Waals surface area contributed by atoms with Crippen LogP contribution >= 0.6 is 7.82 Å². The lowest BCUT2D eigenvalue weighted by Crippen LogP contribution is -2.34. The second-order valence-corrected chi connectivity index (χ2v) is 19.1. The molecule has 0 aromatic heterocycles. The van der Waals surface area contributed by atoms with Crippen molar-refractivity contribution in [2.45, 2.75) is 244 Å². The standard InChI is InChI=1S/C54H98NO9P/c1-3-5-7-9-11-13-15-17-19-21-23-25-26-27-28-30-32-34-36-38-40-42-44-46-53(56)64-51(49-62-65(59,60)63-50-52(55)54(57)58)48-61-47-45-43-41-39-37-35-33-31-29-24-22-20-18-16-14-12-10-8-6-4-2/h6,8,12,14,18,20,24,29,33,35,51-52H,3-5,7,9-11,13,15-17,19,21-23,25-28,30-32,34,36-50,55H2,1-2H3,(H,57,58)(H,59,60)/b8-6-,14-12-,20-18-,29-24-,35-33-. The maximum Gasteiger partial charge on any atom is 0.472 e. The molecule has 3 unspecified atom stereocenters. The average molecular weight is 936 g/mol. The predicted molar refractivity (Wildman–Crippen MR) is 272 cm³/mol. The number of phosphoric ester groups is 1. The highest BCUT2D eigenvalue weighted by atomic mass is 31.2. The number of nitrogens with two attached hydrogens (primary N) is 1. The molecule has 0 aliphatic heterocycles. The molecule has 0 saturated carbocycles. The summed E-state index contributed by atoms with van der Waals surface area (Å²) in [5.74, 6) is -1.78. The maximum absolute atomic E-state index is 12.7. The number of carboxylic acids is 1. The number of hydrogen-bond acceptors (Lipinski definition) is 8. The molecule has 0 aromatic carbocycles. The molecule has 0 aliphatic carbocycles. The van der Waals surface area contributed by atoms with Gasteiger partial charge in [-0.2, -0.15) is 0 Å². The number of carboxylic acid groups (broad SMARTS) is 1. The Bertz CT molecular complexity index is 1270. The summed E-state index contributed by atoms with van der Waals surface area (Å²) in [4.78, 5) is 33.7. The minimum Gasteiger partial charge on any atom is -0.480 e. The van der Waals surface area contributed by atoms with Gasteiger partial charge in [0.2, 0.25) is 0 Å². The number of hydrogen-bond donors (Lipinski definition) is 3. The summed E-state index contributed by atoms with van der Waals surface area (Å²) in [6.07, 6.45) is 61.4. The van der Waals surface area contributed by atoms with Crippen molar-refractivity contribution in [3.63, 3.8) is 0 Å². The van der Waals surface area contributed by atoms with E-state index in [1.807, 2.05) is 0 Å². The summed E-state index contributed by atoms with van der Waals surface area (Å²) in [7, 11) is -4.63. The molecule has 378 valence electrons. The van der Waals surface area contributed by atoms with Gasteiger partial charge in [0, 0.05) is 13.0 Å². The predicted octanol–water partition coefficient (Wildman–Crippen LogP) is 15.5. The Hall–Kier alpha value is -2.33. The van der Waals surface area contributed by atoms with Gasteiger partial charge >= 0.3 is 19.8 Å². The minimum absolute atomic E-state index is 0.000182. The first-order chi connectivity index (χ1) is 31.7. The van der Waals surface area contributed by atoms with Gasteiger partial charge in [-0.25, -0.2) is 4.57 Å². The molecular formula is C54H98NO9P. The Morgan fingerprint density at radius 2 is 0.892 bits per heavy atom. The number of esters is 1. The fourth-order valence-electron chi connectivity index (χ4n) is 7.28. The first-order valence-corrected chi connectivity index (χ1v) is 27.8. The number of unbranched alkanes of at least 4 members (excludes halogenated alkanes) is 26. The molecule has 0 saturated heterocycles. The third-order valence-electron chi connectivity index (χ3n) is 11.3. The third kappa shape index (κ3) is 49.4. The average Bonchev–Trinajstić information content (AvgIpc) is 3.29. The van der Waals surface area contributed by atoms with Crippen molar-refractivity contribution in [3.8, 4) is 0 Å². The Morgan fingerprint density at radius 3 is 1.34 bits per heavy atom. The highest BCUT2D eigenvalue weighted by Gasteiger charge is 2.27. The van der Waals surface area contributed by atoms with Crippen molar-refractivity contribution in [2.75, 3.05) is 26.4 Å². The van der Waals surface area contributed by atoms with E-state index in [2.05, 4.69) is 74.6 Å². The normalized spacial score (nSPS) is 14.2. The zero-order valence-electron chi connectivity index (χ0n) is 41.6. The van der Waals surface area contributed by atoms with Gasteiger partial charge in [0.25, 0.3) is 0 Å². The van der Waals surface area contributed by atoms with Crippen LogP contribution in [0.1, 0.15) is 232 Å². The first kappa shape index (κ1) is 62.7. The lowest BCUT2D eigenvalue weighted by molar-refractivity contribution is -0.154. The van der Waals surface area contributed by atoms with Gasteiger partial charge in [0.05, 0.1) is 19.8 Å². The molecule has 0 heterocycles. The van der Waals surface area contributed by atoms with Crippen LogP contribution in [-0.4, -0.2) is 60.5 Å². The Balaban J connectivity index is 4.15. The van der Waals surface area contributed by atoms with Gasteiger partial charge in [-0.05, 0) is 57.8 Å². The van der Waals surface area contributed by atoms with Gasteiger partial charge in [0.1, 0.15) is 12.1 Å². The van der Waals surface area contributed by atoms with Crippen LogP contribution in [-0.2, 0) is 32.7 Å². The van der Waals surface area contributed by atoms with Crippen LogP contribution < -0.4 is 5.73 Å². The Labute approximate surface area is 398 Å². The molecule has 4 N–H and O–H groups in total. The molecule has 10 nitrogen and oxygen atoms in total. The lowest BCUT2D eigenvalue weighted by atomic mass is 10.0. The van der Waals surface area contributed by atoms with E-state index in [-0.39, 0.29) is 13.0 Å². The van der Waals surface area contributed by atoms with Gasteiger partial charge in [-0.1, -0.05) is 229 Å². The molecule has 0 aliphatic rings. The summed E-state index contributed by atoms with van der Waals surface area (Å²) in [6, 6.07) is -1.48. The number of rotatable bonds is 50.